The van der Waals surface area contributed by atoms with Crippen LogP contribution in [0.1, 0.15) is 45.1 Å². The standard InChI is InChI=1S/C14H21ClN4/c1-5-18-13-12(9(2)17-18)16-11(8-15)19(13)14(3,4)10-6-7-10/h10H,5-8H2,1-4H3. The minimum Gasteiger partial charge on any atom is -0.306 e. The fraction of sp³-hybridized carbons (Fsp3) is 0.714. The van der Waals surface area contributed by atoms with Crippen molar-refractivity contribution in [3.05, 3.63) is 11.5 Å². The fourth-order valence-electron chi connectivity index (χ4n) is 3.10. The highest BCUT2D eigenvalue weighted by molar-refractivity contribution is 6.16. The van der Waals surface area contributed by atoms with Crippen molar-refractivity contribution in [3.63, 3.8) is 0 Å². The van der Waals surface area contributed by atoms with Crippen LogP contribution in [0.5, 0.6) is 0 Å². The van der Waals surface area contributed by atoms with Gasteiger partial charge in [0.05, 0.1) is 11.6 Å². The van der Waals surface area contributed by atoms with E-state index in [9.17, 15) is 0 Å². The molecule has 0 spiro atoms. The topological polar surface area (TPSA) is 35.6 Å². The van der Waals surface area contributed by atoms with E-state index in [1.807, 2.05) is 6.92 Å². The number of nitrogens with zero attached hydrogens (tertiary/aromatic N) is 4. The second-order valence-corrected chi connectivity index (χ2v) is 6.27. The maximum absolute atomic E-state index is 6.13. The van der Waals surface area contributed by atoms with Gasteiger partial charge in [0.1, 0.15) is 11.3 Å². The summed E-state index contributed by atoms with van der Waals surface area (Å²) in [5.74, 6) is 2.15. The summed E-state index contributed by atoms with van der Waals surface area (Å²) in [5, 5.41) is 4.59. The number of fused-ring (bicyclic) bond motifs is 1. The summed E-state index contributed by atoms with van der Waals surface area (Å²) < 4.78 is 4.38. The van der Waals surface area contributed by atoms with Crippen LogP contribution in [0.3, 0.4) is 0 Å². The van der Waals surface area contributed by atoms with Gasteiger partial charge >= 0.3 is 0 Å². The summed E-state index contributed by atoms with van der Waals surface area (Å²) in [6.07, 6.45) is 2.60. The van der Waals surface area contributed by atoms with E-state index in [1.165, 1.54) is 12.8 Å². The van der Waals surface area contributed by atoms with E-state index in [2.05, 4.69) is 35.1 Å². The van der Waals surface area contributed by atoms with Gasteiger partial charge in [-0.2, -0.15) is 5.10 Å². The molecule has 0 atom stereocenters. The minimum absolute atomic E-state index is 0.0678. The molecule has 2 heterocycles. The molecule has 1 aliphatic carbocycles. The quantitative estimate of drug-likeness (QED) is 0.804. The van der Waals surface area contributed by atoms with Crippen LogP contribution < -0.4 is 0 Å². The molecule has 0 unspecified atom stereocenters. The van der Waals surface area contributed by atoms with Crippen molar-refractivity contribution in [2.24, 2.45) is 5.92 Å². The predicted octanol–water partition coefficient (Wildman–Crippen LogP) is 3.45. The van der Waals surface area contributed by atoms with Gasteiger partial charge in [0.25, 0.3) is 0 Å². The van der Waals surface area contributed by atoms with Gasteiger partial charge in [0.15, 0.2) is 5.65 Å². The molecule has 0 saturated heterocycles. The van der Waals surface area contributed by atoms with E-state index in [4.69, 9.17) is 16.6 Å². The van der Waals surface area contributed by atoms with Crippen LogP contribution in [0.15, 0.2) is 0 Å². The normalized spacial score (nSPS) is 16.5. The first-order valence-electron chi connectivity index (χ1n) is 7.01. The van der Waals surface area contributed by atoms with Gasteiger partial charge in [-0.3, -0.25) is 0 Å². The van der Waals surface area contributed by atoms with E-state index in [1.54, 1.807) is 0 Å². The Kier molecular flexibility index (Phi) is 2.89. The Bertz CT molecular complexity index is 619. The van der Waals surface area contributed by atoms with E-state index < -0.39 is 0 Å². The molecule has 0 amide bonds. The minimum atomic E-state index is 0.0678. The average Bonchev–Trinajstić information content (AvgIpc) is 3.09. The van der Waals surface area contributed by atoms with Crippen LogP contribution in [0.25, 0.3) is 11.2 Å². The summed E-state index contributed by atoms with van der Waals surface area (Å²) >= 11 is 6.13. The first-order valence-corrected chi connectivity index (χ1v) is 7.55. The molecule has 4 nitrogen and oxygen atoms in total. The van der Waals surface area contributed by atoms with Crippen LogP contribution >= 0.6 is 11.6 Å². The smallest absolute Gasteiger partial charge is 0.159 e. The van der Waals surface area contributed by atoms with E-state index >= 15 is 0 Å². The Morgan fingerprint density at radius 3 is 2.58 bits per heavy atom. The molecule has 1 saturated carbocycles. The van der Waals surface area contributed by atoms with Gasteiger partial charge < -0.3 is 4.57 Å². The Morgan fingerprint density at radius 1 is 1.37 bits per heavy atom. The zero-order valence-electron chi connectivity index (χ0n) is 12.1. The summed E-state index contributed by atoms with van der Waals surface area (Å²) in [6.45, 7) is 9.59. The van der Waals surface area contributed by atoms with Gasteiger partial charge in [-0.05, 0) is 46.5 Å². The number of halogens is 1. The highest BCUT2D eigenvalue weighted by Crippen LogP contribution is 2.46. The molecule has 19 heavy (non-hydrogen) atoms. The average molecular weight is 281 g/mol. The number of hydrogen-bond donors (Lipinski definition) is 0. The summed E-state index contributed by atoms with van der Waals surface area (Å²) in [7, 11) is 0. The summed E-state index contributed by atoms with van der Waals surface area (Å²) in [4.78, 5) is 4.72. The molecular formula is C14H21ClN4. The molecule has 0 radical (unpaired) electrons. The second-order valence-electron chi connectivity index (χ2n) is 6.00. The molecule has 1 fully saturated rings. The van der Waals surface area contributed by atoms with Crippen LogP contribution in [0, 0.1) is 12.8 Å². The molecule has 0 bridgehead atoms. The molecule has 0 aliphatic heterocycles. The Labute approximate surface area is 118 Å². The first kappa shape index (κ1) is 13.0. The van der Waals surface area contributed by atoms with Gasteiger partial charge in [-0.15, -0.1) is 11.6 Å². The first-order chi connectivity index (χ1) is 9.00. The van der Waals surface area contributed by atoms with Gasteiger partial charge in [-0.1, -0.05) is 0 Å². The number of imidazole rings is 1. The summed E-state index contributed by atoms with van der Waals surface area (Å²) in [5.41, 5.74) is 3.20. The molecular weight excluding hydrogens is 260 g/mol. The number of aryl methyl sites for hydroxylation is 2. The van der Waals surface area contributed by atoms with Gasteiger partial charge in [-0.25, -0.2) is 9.67 Å². The van der Waals surface area contributed by atoms with Crippen molar-refractivity contribution in [3.8, 4) is 0 Å². The van der Waals surface area contributed by atoms with Crippen LogP contribution in [0.2, 0.25) is 0 Å². The number of rotatable bonds is 4. The molecule has 0 N–H and O–H groups in total. The summed E-state index contributed by atoms with van der Waals surface area (Å²) in [6, 6.07) is 0. The molecule has 2 aromatic heterocycles. The van der Waals surface area contributed by atoms with Crippen LogP contribution in [-0.2, 0) is 18.0 Å². The molecule has 3 rings (SSSR count). The van der Waals surface area contributed by atoms with Crippen molar-refractivity contribution < 1.29 is 0 Å². The highest BCUT2D eigenvalue weighted by atomic mass is 35.5. The van der Waals surface area contributed by atoms with Crippen molar-refractivity contribution in [2.75, 3.05) is 0 Å². The largest absolute Gasteiger partial charge is 0.306 e. The molecule has 2 aromatic rings. The maximum Gasteiger partial charge on any atom is 0.159 e. The van der Waals surface area contributed by atoms with Gasteiger partial charge in [0.2, 0.25) is 0 Å². The Balaban J connectivity index is 2.31. The maximum atomic E-state index is 6.13. The third-order valence-corrected chi connectivity index (χ3v) is 4.59. The third kappa shape index (κ3) is 1.80. The number of aromatic nitrogens is 4. The van der Waals surface area contributed by atoms with Crippen molar-refractivity contribution in [2.45, 2.75) is 58.5 Å². The van der Waals surface area contributed by atoms with Crippen molar-refractivity contribution in [1.29, 1.82) is 0 Å². The fourth-order valence-corrected chi connectivity index (χ4v) is 3.28. The number of hydrogen-bond acceptors (Lipinski definition) is 2. The SMILES string of the molecule is CCn1nc(C)c2nc(CCl)n(C(C)(C)C3CC3)c21. The van der Waals surface area contributed by atoms with E-state index in [0.29, 0.717) is 5.88 Å². The van der Waals surface area contributed by atoms with Crippen molar-refractivity contribution in [1.82, 2.24) is 19.3 Å². The van der Waals surface area contributed by atoms with Crippen LogP contribution in [-0.4, -0.2) is 19.3 Å². The Morgan fingerprint density at radius 2 is 2.05 bits per heavy atom. The molecule has 1 aliphatic rings. The molecule has 5 heteroatoms. The highest BCUT2D eigenvalue weighted by Gasteiger charge is 2.41. The molecule has 104 valence electrons. The Hall–Kier alpha value is -1.03. The zero-order valence-corrected chi connectivity index (χ0v) is 12.8. The zero-order chi connectivity index (χ0) is 13.8. The lowest BCUT2D eigenvalue weighted by Crippen LogP contribution is -2.31. The van der Waals surface area contributed by atoms with Crippen LogP contribution in [0.4, 0.5) is 0 Å². The van der Waals surface area contributed by atoms with Crippen molar-refractivity contribution >= 4 is 22.8 Å². The van der Waals surface area contributed by atoms with E-state index in [0.717, 1.165) is 35.1 Å². The third-order valence-electron chi connectivity index (χ3n) is 4.35. The lowest BCUT2D eigenvalue weighted by molar-refractivity contribution is 0.301. The van der Waals surface area contributed by atoms with Gasteiger partial charge in [0, 0.05) is 12.1 Å². The van der Waals surface area contributed by atoms with E-state index in [-0.39, 0.29) is 5.54 Å². The lowest BCUT2D eigenvalue weighted by Gasteiger charge is -2.29. The molecule has 0 aromatic carbocycles. The number of alkyl halides is 1. The second kappa shape index (κ2) is 4.23. The predicted molar refractivity (Wildman–Crippen MR) is 77.5 cm³/mol. The monoisotopic (exact) mass is 280 g/mol. The lowest BCUT2D eigenvalue weighted by atomic mass is 9.98.